The van der Waals surface area contributed by atoms with E-state index in [9.17, 15) is 19.6 Å². The summed E-state index contributed by atoms with van der Waals surface area (Å²) < 4.78 is 17.7. The number of hydrogen-bond acceptors (Lipinski definition) is 5. The van der Waals surface area contributed by atoms with Gasteiger partial charge >= 0.3 is 8.03 Å². The predicted octanol–water partition coefficient (Wildman–Crippen LogP) is 4.01. The van der Waals surface area contributed by atoms with Crippen LogP contribution >= 0.6 is 8.03 Å². The molecule has 2 N–H and O–H groups in total. The Morgan fingerprint density at radius 2 is 1.48 bits per heavy atom. The highest BCUT2D eigenvalue weighted by molar-refractivity contribution is 7.39. The molecular formula is C20H42NO5P+2. The van der Waals surface area contributed by atoms with E-state index in [1.165, 1.54) is 38.5 Å². The molecule has 0 aromatic rings. The molecule has 7 heteroatoms. The second-order valence-electron chi connectivity index (χ2n) is 8.41. The number of likely N-dealkylation sites (N-methyl/N-ethyl adjacent to an activating group) is 1. The molecule has 0 rings (SSSR count). The van der Waals surface area contributed by atoms with Crippen LogP contribution in [0.4, 0.5) is 0 Å². The van der Waals surface area contributed by atoms with E-state index >= 15 is 0 Å². The van der Waals surface area contributed by atoms with Crippen LogP contribution in [0.15, 0.2) is 0 Å². The van der Waals surface area contributed by atoms with E-state index in [4.69, 9.17) is 4.52 Å². The number of quaternary nitrogens is 1. The number of carbonyl (C=O) groups is 1. The summed E-state index contributed by atoms with van der Waals surface area (Å²) in [5.41, 5.74) is 0. The third-order valence-electron chi connectivity index (χ3n) is 4.56. The summed E-state index contributed by atoms with van der Waals surface area (Å²) >= 11 is 0. The maximum atomic E-state index is 12.0. The molecule has 0 bridgehead atoms. The molecule has 0 saturated heterocycles. The molecule has 0 amide bonds. The van der Waals surface area contributed by atoms with Crippen LogP contribution in [0.3, 0.4) is 0 Å². The molecule has 0 aromatic heterocycles. The van der Waals surface area contributed by atoms with Crippen LogP contribution in [0.5, 0.6) is 0 Å². The van der Waals surface area contributed by atoms with Gasteiger partial charge < -0.3 is 14.7 Å². The van der Waals surface area contributed by atoms with E-state index < -0.39 is 20.0 Å². The van der Waals surface area contributed by atoms with Crippen molar-refractivity contribution in [3.05, 3.63) is 0 Å². The van der Waals surface area contributed by atoms with Crippen molar-refractivity contribution in [3.8, 4) is 0 Å². The lowest BCUT2D eigenvalue weighted by Crippen LogP contribution is -2.37. The SMILES string of the molecule is CCCCCCCCCCCC(=O)C(O)CC(O)[P+](=O)OCC[N+](C)(C)C. The average Bonchev–Trinajstić information content (AvgIpc) is 2.58. The normalized spacial score (nSPS) is 14.8. The minimum Gasteiger partial charge on any atom is -0.385 e. The maximum absolute atomic E-state index is 12.0. The Bertz CT molecular complexity index is 412. The summed E-state index contributed by atoms with van der Waals surface area (Å²) in [5, 5.41) is 19.8. The molecule has 160 valence electrons. The fourth-order valence-corrected chi connectivity index (χ4v) is 3.49. The van der Waals surface area contributed by atoms with E-state index in [1.807, 2.05) is 21.1 Å². The van der Waals surface area contributed by atoms with Crippen LogP contribution in [0.1, 0.15) is 77.6 Å². The lowest BCUT2D eigenvalue weighted by molar-refractivity contribution is -0.870. The molecule has 0 spiro atoms. The summed E-state index contributed by atoms with van der Waals surface area (Å²) in [7, 11) is 3.67. The van der Waals surface area contributed by atoms with Crippen molar-refractivity contribution in [2.45, 2.75) is 89.5 Å². The van der Waals surface area contributed by atoms with E-state index in [0.29, 0.717) is 17.4 Å². The Kier molecular flexibility index (Phi) is 15.3. The third kappa shape index (κ3) is 16.3. The highest BCUT2D eigenvalue weighted by atomic mass is 31.1. The molecule has 0 aliphatic rings. The fraction of sp³-hybridized carbons (Fsp3) is 0.950. The quantitative estimate of drug-likeness (QED) is 0.204. The topological polar surface area (TPSA) is 83.8 Å². The molecular weight excluding hydrogens is 365 g/mol. The van der Waals surface area contributed by atoms with Gasteiger partial charge in [-0.05, 0) is 11.0 Å². The largest absolute Gasteiger partial charge is 0.540 e. The standard InChI is InChI=1S/C20H42NO5P/c1-5-6-7-8-9-10-11-12-13-14-18(22)19(23)17-20(24)27(25)26-16-15-21(2,3)4/h19-20,23-24H,5-17H2,1-4H3/q+2. The minimum absolute atomic E-state index is 0.226. The maximum Gasteiger partial charge on any atom is 0.540 e. The van der Waals surface area contributed by atoms with Crippen LogP contribution in [-0.2, 0) is 13.9 Å². The first-order valence-corrected chi connectivity index (χ1v) is 11.7. The number of unbranched alkanes of at least 4 members (excludes halogenated alkanes) is 8. The van der Waals surface area contributed by atoms with E-state index in [2.05, 4.69) is 6.92 Å². The molecule has 0 aromatic carbocycles. The Labute approximate surface area is 166 Å². The highest BCUT2D eigenvalue weighted by Gasteiger charge is 2.35. The van der Waals surface area contributed by atoms with Crippen LogP contribution < -0.4 is 0 Å². The van der Waals surface area contributed by atoms with Gasteiger partial charge in [-0.25, -0.2) is 0 Å². The van der Waals surface area contributed by atoms with Gasteiger partial charge in [-0.3, -0.25) is 4.79 Å². The lowest BCUT2D eigenvalue weighted by Gasteiger charge is -2.22. The number of Topliss-reactive ketones (excluding diaryl/α,β-unsaturated/α-hetero) is 1. The van der Waals surface area contributed by atoms with Crippen molar-refractivity contribution < 1.29 is 28.6 Å². The molecule has 3 atom stereocenters. The van der Waals surface area contributed by atoms with Crippen molar-refractivity contribution in [1.82, 2.24) is 0 Å². The van der Waals surface area contributed by atoms with Crippen LogP contribution in [0.2, 0.25) is 0 Å². The Hall–Kier alpha value is -0.390. The number of aliphatic hydroxyl groups excluding tert-OH is 2. The van der Waals surface area contributed by atoms with Gasteiger partial charge in [0.25, 0.3) is 5.85 Å². The van der Waals surface area contributed by atoms with Crippen molar-refractivity contribution in [1.29, 1.82) is 0 Å². The van der Waals surface area contributed by atoms with E-state index in [1.54, 1.807) is 0 Å². The van der Waals surface area contributed by atoms with Crippen LogP contribution in [0, 0.1) is 0 Å². The first-order chi connectivity index (χ1) is 12.7. The van der Waals surface area contributed by atoms with Crippen LogP contribution in [0.25, 0.3) is 0 Å². The molecule has 27 heavy (non-hydrogen) atoms. The van der Waals surface area contributed by atoms with Crippen LogP contribution in [-0.4, -0.2) is 66.7 Å². The molecule has 0 radical (unpaired) electrons. The van der Waals surface area contributed by atoms with Gasteiger partial charge in [0.15, 0.2) is 12.4 Å². The number of nitrogens with zero attached hydrogens (tertiary/aromatic N) is 1. The molecule has 0 aliphatic heterocycles. The summed E-state index contributed by atoms with van der Waals surface area (Å²) in [5.74, 6) is -1.60. The summed E-state index contributed by atoms with van der Waals surface area (Å²) in [4.78, 5) is 12.0. The predicted molar refractivity (Wildman–Crippen MR) is 110 cm³/mol. The highest BCUT2D eigenvalue weighted by Crippen LogP contribution is 2.31. The summed E-state index contributed by atoms with van der Waals surface area (Å²) in [6.45, 7) is 3.13. The average molecular weight is 408 g/mol. The second kappa shape index (κ2) is 15.5. The Balaban J connectivity index is 3.79. The first-order valence-electron chi connectivity index (χ1n) is 10.5. The molecule has 0 fully saturated rings. The molecule has 6 nitrogen and oxygen atoms in total. The number of aliphatic hydroxyl groups is 2. The zero-order valence-corrected chi connectivity index (χ0v) is 18.8. The first kappa shape index (κ1) is 26.6. The zero-order chi connectivity index (χ0) is 20.7. The summed E-state index contributed by atoms with van der Waals surface area (Å²) in [6.07, 6.45) is 9.29. The zero-order valence-electron chi connectivity index (χ0n) is 17.9. The third-order valence-corrected chi connectivity index (χ3v) is 5.69. The van der Waals surface area contributed by atoms with Gasteiger partial charge in [-0.15, -0.1) is 4.52 Å². The molecule has 0 heterocycles. The van der Waals surface area contributed by atoms with Crippen molar-refractivity contribution >= 4 is 13.8 Å². The van der Waals surface area contributed by atoms with Gasteiger partial charge in [0, 0.05) is 6.42 Å². The van der Waals surface area contributed by atoms with Crippen molar-refractivity contribution in [2.24, 2.45) is 0 Å². The van der Waals surface area contributed by atoms with Crippen molar-refractivity contribution in [2.75, 3.05) is 34.3 Å². The van der Waals surface area contributed by atoms with Gasteiger partial charge in [0.2, 0.25) is 0 Å². The second-order valence-corrected chi connectivity index (χ2v) is 9.83. The minimum atomic E-state index is -2.30. The van der Waals surface area contributed by atoms with Crippen molar-refractivity contribution in [3.63, 3.8) is 0 Å². The number of rotatable bonds is 18. The Morgan fingerprint density at radius 1 is 0.963 bits per heavy atom. The van der Waals surface area contributed by atoms with E-state index in [-0.39, 0.29) is 18.8 Å². The number of carbonyl (C=O) groups excluding carboxylic acids is 1. The monoisotopic (exact) mass is 407 g/mol. The smallest absolute Gasteiger partial charge is 0.385 e. The number of ketones is 1. The van der Waals surface area contributed by atoms with Gasteiger partial charge in [0.1, 0.15) is 12.6 Å². The molecule has 0 aliphatic carbocycles. The molecule has 3 unspecified atom stereocenters. The fourth-order valence-electron chi connectivity index (χ4n) is 2.68. The van der Waals surface area contributed by atoms with Gasteiger partial charge in [0.05, 0.1) is 27.6 Å². The lowest BCUT2D eigenvalue weighted by atomic mass is 10.0. The Morgan fingerprint density at radius 3 is 2.00 bits per heavy atom. The molecule has 0 saturated carbocycles. The van der Waals surface area contributed by atoms with Gasteiger partial charge in [-0.2, -0.15) is 0 Å². The summed E-state index contributed by atoms with van der Waals surface area (Å²) in [6, 6.07) is 0. The van der Waals surface area contributed by atoms with E-state index in [0.717, 1.165) is 19.3 Å². The number of hydrogen-bond donors (Lipinski definition) is 2. The van der Waals surface area contributed by atoms with Gasteiger partial charge in [-0.1, -0.05) is 58.3 Å².